The molecule has 10 heavy (non-hydrogen) atoms. The zero-order valence-electron chi connectivity index (χ0n) is 6.10. The van der Waals surface area contributed by atoms with Crippen LogP contribution < -0.4 is 5.32 Å². The van der Waals surface area contributed by atoms with Crippen molar-refractivity contribution in [3.8, 4) is 0 Å². The molecule has 2 unspecified atom stereocenters. The Morgan fingerprint density at radius 3 is 3.00 bits per heavy atom. The van der Waals surface area contributed by atoms with Gasteiger partial charge in [0.2, 0.25) is 0 Å². The SMILES string of the molecule is O=C1CCC2CNCC2C1. The Hall–Kier alpha value is -0.370. The maximum absolute atomic E-state index is 11.0. The molecular formula is C8H13NO. The molecule has 2 fully saturated rings. The van der Waals surface area contributed by atoms with Crippen molar-refractivity contribution in [3.05, 3.63) is 0 Å². The lowest BCUT2D eigenvalue weighted by atomic mass is 9.81. The fourth-order valence-corrected chi connectivity index (χ4v) is 2.10. The Labute approximate surface area is 61.0 Å². The van der Waals surface area contributed by atoms with E-state index in [4.69, 9.17) is 0 Å². The van der Waals surface area contributed by atoms with Crippen molar-refractivity contribution in [3.63, 3.8) is 0 Å². The number of hydrogen-bond acceptors (Lipinski definition) is 2. The van der Waals surface area contributed by atoms with Crippen LogP contribution >= 0.6 is 0 Å². The lowest BCUT2D eigenvalue weighted by Gasteiger charge is -2.22. The van der Waals surface area contributed by atoms with Crippen molar-refractivity contribution < 1.29 is 4.79 Å². The molecule has 1 saturated carbocycles. The molecule has 0 spiro atoms. The predicted molar refractivity (Wildman–Crippen MR) is 38.7 cm³/mol. The molecule has 1 aliphatic heterocycles. The average Bonchev–Trinajstić information content (AvgIpc) is 2.33. The molecule has 1 N–H and O–H groups in total. The first kappa shape index (κ1) is 6.35. The van der Waals surface area contributed by atoms with Crippen LogP contribution in [-0.2, 0) is 4.79 Å². The maximum Gasteiger partial charge on any atom is 0.133 e. The number of carbonyl (C=O) groups excluding carboxylic acids is 1. The van der Waals surface area contributed by atoms with Gasteiger partial charge in [-0.3, -0.25) is 4.79 Å². The van der Waals surface area contributed by atoms with Crippen LogP contribution in [0.4, 0.5) is 0 Å². The van der Waals surface area contributed by atoms with Gasteiger partial charge in [-0.1, -0.05) is 0 Å². The van der Waals surface area contributed by atoms with Crippen LogP contribution in [0.2, 0.25) is 0 Å². The average molecular weight is 139 g/mol. The van der Waals surface area contributed by atoms with Gasteiger partial charge in [0.05, 0.1) is 0 Å². The predicted octanol–water partition coefficient (Wildman–Crippen LogP) is 0.575. The van der Waals surface area contributed by atoms with Gasteiger partial charge in [-0.25, -0.2) is 0 Å². The number of rotatable bonds is 0. The second-order valence-corrected chi connectivity index (χ2v) is 3.46. The molecule has 0 bridgehead atoms. The molecule has 0 radical (unpaired) electrons. The zero-order chi connectivity index (χ0) is 6.97. The second-order valence-electron chi connectivity index (χ2n) is 3.46. The van der Waals surface area contributed by atoms with Gasteiger partial charge in [-0.15, -0.1) is 0 Å². The first-order valence-electron chi connectivity index (χ1n) is 4.08. The minimum atomic E-state index is 0.477. The topological polar surface area (TPSA) is 29.1 Å². The van der Waals surface area contributed by atoms with Gasteiger partial charge < -0.3 is 5.32 Å². The minimum absolute atomic E-state index is 0.477. The first-order chi connectivity index (χ1) is 4.86. The van der Waals surface area contributed by atoms with E-state index in [1.165, 1.54) is 0 Å². The number of ketones is 1. The highest BCUT2D eigenvalue weighted by atomic mass is 16.1. The summed E-state index contributed by atoms with van der Waals surface area (Å²) < 4.78 is 0. The van der Waals surface area contributed by atoms with Crippen molar-refractivity contribution in [1.29, 1.82) is 0 Å². The summed E-state index contributed by atoms with van der Waals surface area (Å²) in [6.45, 7) is 2.23. The molecule has 2 atom stereocenters. The van der Waals surface area contributed by atoms with E-state index in [-0.39, 0.29) is 0 Å². The van der Waals surface area contributed by atoms with Crippen molar-refractivity contribution in [1.82, 2.24) is 5.32 Å². The number of carbonyl (C=O) groups is 1. The third-order valence-electron chi connectivity index (χ3n) is 2.76. The monoisotopic (exact) mass is 139 g/mol. The summed E-state index contributed by atoms with van der Waals surface area (Å²) in [6.07, 6.45) is 2.82. The standard InChI is InChI=1S/C8H13NO/c10-8-2-1-6-4-9-5-7(6)3-8/h6-7,9H,1-5H2. The van der Waals surface area contributed by atoms with E-state index in [2.05, 4.69) is 5.32 Å². The van der Waals surface area contributed by atoms with Crippen molar-refractivity contribution in [2.24, 2.45) is 11.8 Å². The third kappa shape index (κ3) is 0.966. The lowest BCUT2D eigenvalue weighted by molar-refractivity contribution is -0.122. The van der Waals surface area contributed by atoms with Crippen LogP contribution in [-0.4, -0.2) is 18.9 Å². The van der Waals surface area contributed by atoms with E-state index in [9.17, 15) is 4.79 Å². The highest BCUT2D eigenvalue weighted by Gasteiger charge is 2.32. The summed E-state index contributed by atoms with van der Waals surface area (Å²) in [5.74, 6) is 1.98. The maximum atomic E-state index is 11.0. The van der Waals surface area contributed by atoms with Crippen molar-refractivity contribution in [2.75, 3.05) is 13.1 Å². The van der Waals surface area contributed by atoms with Gasteiger partial charge in [0.15, 0.2) is 0 Å². The third-order valence-corrected chi connectivity index (χ3v) is 2.76. The van der Waals surface area contributed by atoms with Gasteiger partial charge in [0.25, 0.3) is 0 Å². The summed E-state index contributed by atoms with van der Waals surface area (Å²) in [6, 6.07) is 0. The normalized spacial score (nSPS) is 39.8. The van der Waals surface area contributed by atoms with Gasteiger partial charge >= 0.3 is 0 Å². The summed E-state index contributed by atoms with van der Waals surface area (Å²) in [7, 11) is 0. The molecular weight excluding hydrogens is 126 g/mol. The number of fused-ring (bicyclic) bond motifs is 1. The van der Waals surface area contributed by atoms with Crippen molar-refractivity contribution in [2.45, 2.75) is 19.3 Å². The Morgan fingerprint density at radius 1 is 1.30 bits per heavy atom. The zero-order valence-corrected chi connectivity index (χ0v) is 6.10. The fraction of sp³-hybridized carbons (Fsp3) is 0.875. The second kappa shape index (κ2) is 2.35. The molecule has 0 amide bonds. The minimum Gasteiger partial charge on any atom is -0.316 e. The summed E-state index contributed by atoms with van der Waals surface area (Å²) >= 11 is 0. The van der Waals surface area contributed by atoms with Crippen LogP contribution in [0, 0.1) is 11.8 Å². The fourth-order valence-electron chi connectivity index (χ4n) is 2.10. The van der Waals surface area contributed by atoms with E-state index >= 15 is 0 Å². The first-order valence-corrected chi connectivity index (χ1v) is 4.08. The molecule has 2 nitrogen and oxygen atoms in total. The summed E-state index contributed by atoms with van der Waals surface area (Å²) in [4.78, 5) is 11.0. The van der Waals surface area contributed by atoms with E-state index in [0.29, 0.717) is 11.7 Å². The molecule has 0 aromatic carbocycles. The largest absolute Gasteiger partial charge is 0.316 e. The Balaban J connectivity index is 2.03. The van der Waals surface area contributed by atoms with Crippen LogP contribution in [0.25, 0.3) is 0 Å². The molecule has 0 aromatic heterocycles. The van der Waals surface area contributed by atoms with E-state index in [1.54, 1.807) is 0 Å². The van der Waals surface area contributed by atoms with Crippen LogP contribution in [0.15, 0.2) is 0 Å². The van der Waals surface area contributed by atoms with Crippen LogP contribution in [0.5, 0.6) is 0 Å². The summed E-state index contributed by atoms with van der Waals surface area (Å²) in [5.41, 5.74) is 0. The van der Waals surface area contributed by atoms with E-state index in [0.717, 1.165) is 38.3 Å². The van der Waals surface area contributed by atoms with E-state index < -0.39 is 0 Å². The number of Topliss-reactive ketones (excluding diaryl/α,β-unsaturated/α-hetero) is 1. The smallest absolute Gasteiger partial charge is 0.133 e. The molecule has 1 heterocycles. The number of nitrogens with one attached hydrogen (secondary N) is 1. The van der Waals surface area contributed by atoms with E-state index in [1.807, 2.05) is 0 Å². The Morgan fingerprint density at radius 2 is 2.10 bits per heavy atom. The Bertz CT molecular complexity index is 155. The van der Waals surface area contributed by atoms with Gasteiger partial charge in [0, 0.05) is 12.8 Å². The van der Waals surface area contributed by atoms with Crippen molar-refractivity contribution >= 4 is 5.78 Å². The van der Waals surface area contributed by atoms with Gasteiger partial charge in [-0.05, 0) is 31.3 Å². The molecule has 0 aromatic rings. The molecule has 2 aliphatic rings. The van der Waals surface area contributed by atoms with Crippen LogP contribution in [0.1, 0.15) is 19.3 Å². The molecule has 2 heteroatoms. The lowest BCUT2D eigenvalue weighted by Crippen LogP contribution is -2.23. The molecule has 1 saturated heterocycles. The quantitative estimate of drug-likeness (QED) is 0.531. The highest BCUT2D eigenvalue weighted by molar-refractivity contribution is 5.79. The number of hydrogen-bond donors (Lipinski definition) is 1. The molecule has 1 aliphatic carbocycles. The highest BCUT2D eigenvalue weighted by Crippen LogP contribution is 2.30. The van der Waals surface area contributed by atoms with Gasteiger partial charge in [-0.2, -0.15) is 0 Å². The molecule has 56 valence electrons. The Kier molecular flexibility index (Phi) is 1.49. The van der Waals surface area contributed by atoms with Crippen LogP contribution in [0.3, 0.4) is 0 Å². The van der Waals surface area contributed by atoms with Gasteiger partial charge in [0.1, 0.15) is 5.78 Å². The summed E-state index contributed by atoms with van der Waals surface area (Å²) in [5, 5.41) is 3.33. The molecule has 2 rings (SSSR count).